The maximum Gasteiger partial charge on any atom is 0.259 e. The number of carbonyl (C=O) groups excluding carboxylic acids is 1. The molecular weight excluding hydrogens is 180 g/mol. The zero-order valence-electron chi connectivity index (χ0n) is 8.32. The van der Waals surface area contributed by atoms with Crippen LogP contribution in [0, 0.1) is 6.92 Å². The van der Waals surface area contributed by atoms with E-state index in [9.17, 15) is 4.79 Å². The van der Waals surface area contributed by atoms with Crippen molar-refractivity contribution in [3.05, 3.63) is 17.5 Å². The van der Waals surface area contributed by atoms with Crippen LogP contribution in [0.4, 0.5) is 0 Å². The molecule has 1 saturated heterocycles. The van der Waals surface area contributed by atoms with E-state index < -0.39 is 0 Å². The standard InChI is InChI=1S/C10H14N2O2/c1-8-9(7-14-11-8)10(13)12-5-3-2-4-6-12/h7H,2-6H2,1H3. The maximum absolute atomic E-state index is 11.9. The van der Waals surface area contributed by atoms with E-state index in [1.807, 2.05) is 4.90 Å². The Kier molecular flexibility index (Phi) is 2.52. The zero-order valence-corrected chi connectivity index (χ0v) is 8.32. The molecule has 14 heavy (non-hydrogen) atoms. The van der Waals surface area contributed by atoms with E-state index in [4.69, 9.17) is 4.52 Å². The number of aromatic nitrogens is 1. The lowest BCUT2D eigenvalue weighted by molar-refractivity contribution is 0.0723. The van der Waals surface area contributed by atoms with E-state index in [0.29, 0.717) is 11.3 Å². The second-order valence-electron chi connectivity index (χ2n) is 3.67. The first-order valence-electron chi connectivity index (χ1n) is 4.99. The second-order valence-corrected chi connectivity index (χ2v) is 3.67. The fourth-order valence-electron chi connectivity index (χ4n) is 1.77. The van der Waals surface area contributed by atoms with E-state index >= 15 is 0 Å². The topological polar surface area (TPSA) is 46.3 Å². The molecule has 0 bridgehead atoms. The molecule has 4 heteroatoms. The maximum atomic E-state index is 11.9. The Morgan fingerprint density at radius 3 is 2.71 bits per heavy atom. The smallest absolute Gasteiger partial charge is 0.259 e. The zero-order chi connectivity index (χ0) is 9.97. The van der Waals surface area contributed by atoms with Crippen LogP contribution in [0.3, 0.4) is 0 Å². The van der Waals surface area contributed by atoms with Crippen molar-refractivity contribution in [2.75, 3.05) is 13.1 Å². The van der Waals surface area contributed by atoms with Gasteiger partial charge in [0.2, 0.25) is 0 Å². The van der Waals surface area contributed by atoms with Gasteiger partial charge in [0.15, 0.2) is 0 Å². The minimum atomic E-state index is 0.0588. The number of carbonyl (C=O) groups is 1. The largest absolute Gasteiger partial charge is 0.364 e. The van der Waals surface area contributed by atoms with Crippen LogP contribution in [0.5, 0.6) is 0 Å². The van der Waals surface area contributed by atoms with Crippen molar-refractivity contribution in [2.45, 2.75) is 26.2 Å². The first-order valence-corrected chi connectivity index (χ1v) is 4.99. The first-order chi connectivity index (χ1) is 6.79. The van der Waals surface area contributed by atoms with Crippen molar-refractivity contribution >= 4 is 5.91 Å². The van der Waals surface area contributed by atoms with E-state index in [0.717, 1.165) is 25.9 Å². The van der Waals surface area contributed by atoms with Gasteiger partial charge in [0, 0.05) is 13.1 Å². The van der Waals surface area contributed by atoms with Gasteiger partial charge >= 0.3 is 0 Å². The van der Waals surface area contributed by atoms with Gasteiger partial charge in [-0.25, -0.2) is 0 Å². The number of aryl methyl sites for hydroxylation is 1. The van der Waals surface area contributed by atoms with Crippen LogP contribution in [-0.4, -0.2) is 29.1 Å². The highest BCUT2D eigenvalue weighted by atomic mass is 16.5. The molecule has 1 fully saturated rings. The molecule has 0 atom stereocenters. The summed E-state index contributed by atoms with van der Waals surface area (Å²) in [6.45, 7) is 3.52. The van der Waals surface area contributed by atoms with Crippen LogP contribution < -0.4 is 0 Å². The van der Waals surface area contributed by atoms with Crippen molar-refractivity contribution < 1.29 is 9.32 Å². The molecule has 0 saturated carbocycles. The SMILES string of the molecule is Cc1nocc1C(=O)N1CCCCC1. The van der Waals surface area contributed by atoms with Crippen molar-refractivity contribution in [3.63, 3.8) is 0 Å². The summed E-state index contributed by atoms with van der Waals surface area (Å²) in [5, 5.41) is 3.71. The molecule has 0 radical (unpaired) electrons. The first kappa shape index (κ1) is 9.24. The highest BCUT2D eigenvalue weighted by molar-refractivity contribution is 5.94. The number of likely N-dealkylation sites (tertiary alicyclic amines) is 1. The lowest BCUT2D eigenvalue weighted by Gasteiger charge is -2.26. The third kappa shape index (κ3) is 1.64. The molecule has 1 amide bonds. The monoisotopic (exact) mass is 194 g/mol. The molecule has 0 N–H and O–H groups in total. The van der Waals surface area contributed by atoms with Crippen molar-refractivity contribution in [1.82, 2.24) is 10.1 Å². The van der Waals surface area contributed by atoms with Gasteiger partial charge in [-0.15, -0.1) is 0 Å². The molecule has 1 aromatic heterocycles. The summed E-state index contributed by atoms with van der Waals surface area (Å²) in [5.41, 5.74) is 1.28. The van der Waals surface area contributed by atoms with Crippen LogP contribution in [0.25, 0.3) is 0 Å². The molecular formula is C10H14N2O2. The Bertz CT molecular complexity index is 327. The molecule has 76 valence electrons. The van der Waals surface area contributed by atoms with Crippen LogP contribution in [0.15, 0.2) is 10.8 Å². The summed E-state index contributed by atoms with van der Waals surface area (Å²) < 4.78 is 4.76. The van der Waals surface area contributed by atoms with E-state index in [2.05, 4.69) is 5.16 Å². The number of nitrogens with zero attached hydrogens (tertiary/aromatic N) is 2. The third-order valence-electron chi connectivity index (χ3n) is 2.62. The van der Waals surface area contributed by atoms with Crippen molar-refractivity contribution in [1.29, 1.82) is 0 Å². The second kappa shape index (κ2) is 3.82. The fraction of sp³-hybridized carbons (Fsp3) is 0.600. The number of piperidine rings is 1. The predicted molar refractivity (Wildman–Crippen MR) is 51.0 cm³/mol. The fourth-order valence-corrected chi connectivity index (χ4v) is 1.77. The summed E-state index contributed by atoms with van der Waals surface area (Å²) in [6.07, 6.45) is 4.88. The minimum Gasteiger partial charge on any atom is -0.364 e. The molecule has 2 rings (SSSR count). The quantitative estimate of drug-likeness (QED) is 0.682. The molecule has 1 aromatic rings. The van der Waals surface area contributed by atoms with Gasteiger partial charge in [-0.2, -0.15) is 0 Å². The molecule has 4 nitrogen and oxygen atoms in total. The van der Waals surface area contributed by atoms with Crippen LogP contribution >= 0.6 is 0 Å². The summed E-state index contributed by atoms with van der Waals surface area (Å²) >= 11 is 0. The Morgan fingerprint density at radius 1 is 1.43 bits per heavy atom. The van der Waals surface area contributed by atoms with E-state index in [1.165, 1.54) is 12.7 Å². The van der Waals surface area contributed by atoms with Crippen molar-refractivity contribution in [3.8, 4) is 0 Å². The van der Waals surface area contributed by atoms with Gasteiger partial charge in [-0.3, -0.25) is 4.79 Å². The molecule has 1 aliphatic heterocycles. The molecule has 2 heterocycles. The highest BCUT2D eigenvalue weighted by Crippen LogP contribution is 2.14. The minimum absolute atomic E-state index is 0.0588. The molecule has 1 aliphatic rings. The predicted octanol–water partition coefficient (Wildman–Crippen LogP) is 1.61. The van der Waals surface area contributed by atoms with Gasteiger partial charge in [0.25, 0.3) is 5.91 Å². The molecule has 0 spiro atoms. The van der Waals surface area contributed by atoms with Crippen molar-refractivity contribution in [2.24, 2.45) is 0 Å². The average Bonchev–Trinajstić information content (AvgIpc) is 2.65. The van der Waals surface area contributed by atoms with Crippen LogP contribution in [0.1, 0.15) is 35.3 Å². The molecule has 0 unspecified atom stereocenters. The van der Waals surface area contributed by atoms with Crippen LogP contribution in [-0.2, 0) is 0 Å². The Labute approximate surface area is 82.9 Å². The summed E-state index contributed by atoms with van der Waals surface area (Å²) in [4.78, 5) is 13.8. The highest BCUT2D eigenvalue weighted by Gasteiger charge is 2.21. The number of hydrogen-bond donors (Lipinski definition) is 0. The van der Waals surface area contributed by atoms with E-state index in [-0.39, 0.29) is 5.91 Å². The molecule has 0 aromatic carbocycles. The van der Waals surface area contributed by atoms with Gasteiger partial charge < -0.3 is 9.42 Å². The lowest BCUT2D eigenvalue weighted by Crippen LogP contribution is -2.35. The van der Waals surface area contributed by atoms with Crippen LogP contribution in [0.2, 0.25) is 0 Å². The summed E-state index contributed by atoms with van der Waals surface area (Å²) in [6, 6.07) is 0. The Balaban J connectivity index is 2.11. The molecule has 0 aliphatic carbocycles. The number of rotatable bonds is 1. The average molecular weight is 194 g/mol. The Hall–Kier alpha value is -1.32. The number of hydrogen-bond acceptors (Lipinski definition) is 3. The summed E-state index contributed by atoms with van der Waals surface area (Å²) in [5.74, 6) is 0.0588. The van der Waals surface area contributed by atoms with Gasteiger partial charge in [0.05, 0.1) is 5.69 Å². The number of amides is 1. The lowest BCUT2D eigenvalue weighted by atomic mass is 10.1. The van der Waals surface area contributed by atoms with E-state index in [1.54, 1.807) is 6.92 Å². The van der Waals surface area contributed by atoms with Gasteiger partial charge in [-0.05, 0) is 26.2 Å². The Morgan fingerprint density at radius 2 is 2.14 bits per heavy atom. The summed E-state index contributed by atoms with van der Waals surface area (Å²) in [7, 11) is 0. The van der Waals surface area contributed by atoms with Gasteiger partial charge in [-0.1, -0.05) is 5.16 Å². The van der Waals surface area contributed by atoms with Gasteiger partial charge in [0.1, 0.15) is 11.8 Å². The third-order valence-corrected chi connectivity index (χ3v) is 2.62. The normalized spacial score (nSPS) is 17.1.